The van der Waals surface area contributed by atoms with Crippen LogP contribution in [-0.4, -0.2) is 48.8 Å². The number of hydrogen-bond donors (Lipinski definition) is 2. The predicted octanol–water partition coefficient (Wildman–Crippen LogP) is 0.833. The molecule has 3 heteroatoms. The van der Waals surface area contributed by atoms with Crippen LogP contribution in [0.25, 0.3) is 0 Å². The molecule has 1 unspecified atom stereocenters. The van der Waals surface area contributed by atoms with Crippen LogP contribution in [0.5, 0.6) is 0 Å². The highest BCUT2D eigenvalue weighted by atomic mass is 16.3. The molecule has 0 radical (unpaired) electrons. The first-order valence-electron chi connectivity index (χ1n) is 5.93. The fraction of sp³-hybridized carbons (Fsp3) is 1.00. The second-order valence-corrected chi connectivity index (χ2v) is 4.15. The molecule has 1 saturated heterocycles. The van der Waals surface area contributed by atoms with E-state index in [9.17, 15) is 0 Å². The van der Waals surface area contributed by atoms with Gasteiger partial charge in [0.1, 0.15) is 0 Å². The van der Waals surface area contributed by atoms with E-state index in [1.165, 1.54) is 45.3 Å². The second kappa shape index (κ2) is 7.21. The average molecular weight is 200 g/mol. The van der Waals surface area contributed by atoms with E-state index in [1.807, 2.05) is 0 Å². The Hall–Kier alpha value is -0.120. The maximum absolute atomic E-state index is 8.73. The van der Waals surface area contributed by atoms with Crippen LogP contribution in [-0.2, 0) is 0 Å². The van der Waals surface area contributed by atoms with Gasteiger partial charge in [-0.25, -0.2) is 0 Å². The fourth-order valence-corrected chi connectivity index (χ4v) is 2.17. The third-order valence-electron chi connectivity index (χ3n) is 2.91. The SMILES string of the molecule is CCCN1CCCC(NCCO)CC1. The molecule has 1 fully saturated rings. The summed E-state index contributed by atoms with van der Waals surface area (Å²) in [5.41, 5.74) is 0. The minimum Gasteiger partial charge on any atom is -0.395 e. The summed E-state index contributed by atoms with van der Waals surface area (Å²) in [6, 6.07) is 0.629. The van der Waals surface area contributed by atoms with Crippen molar-refractivity contribution >= 4 is 0 Å². The van der Waals surface area contributed by atoms with Crippen molar-refractivity contribution in [3.05, 3.63) is 0 Å². The number of aliphatic hydroxyl groups is 1. The van der Waals surface area contributed by atoms with E-state index in [4.69, 9.17) is 5.11 Å². The first-order valence-corrected chi connectivity index (χ1v) is 5.93. The van der Waals surface area contributed by atoms with Crippen LogP contribution in [0.15, 0.2) is 0 Å². The molecule has 0 saturated carbocycles. The number of aliphatic hydroxyl groups excluding tert-OH is 1. The number of rotatable bonds is 5. The van der Waals surface area contributed by atoms with Crippen molar-refractivity contribution < 1.29 is 5.11 Å². The Bertz CT molecular complexity index is 141. The van der Waals surface area contributed by atoms with E-state index >= 15 is 0 Å². The zero-order valence-corrected chi connectivity index (χ0v) is 9.34. The molecule has 0 aliphatic carbocycles. The van der Waals surface area contributed by atoms with Gasteiger partial charge in [-0.3, -0.25) is 0 Å². The lowest BCUT2D eigenvalue weighted by molar-refractivity contribution is 0.271. The van der Waals surface area contributed by atoms with E-state index in [0.29, 0.717) is 6.04 Å². The summed E-state index contributed by atoms with van der Waals surface area (Å²) < 4.78 is 0. The Morgan fingerprint density at radius 1 is 1.36 bits per heavy atom. The van der Waals surface area contributed by atoms with Crippen LogP contribution in [0.4, 0.5) is 0 Å². The molecule has 3 nitrogen and oxygen atoms in total. The highest BCUT2D eigenvalue weighted by Crippen LogP contribution is 2.10. The third-order valence-corrected chi connectivity index (χ3v) is 2.91. The van der Waals surface area contributed by atoms with Crippen LogP contribution in [0, 0.1) is 0 Å². The molecule has 0 spiro atoms. The molecule has 1 aliphatic rings. The van der Waals surface area contributed by atoms with E-state index in [-0.39, 0.29) is 6.61 Å². The Labute approximate surface area is 87.5 Å². The van der Waals surface area contributed by atoms with Gasteiger partial charge < -0.3 is 15.3 Å². The van der Waals surface area contributed by atoms with Gasteiger partial charge in [-0.1, -0.05) is 6.92 Å². The summed E-state index contributed by atoms with van der Waals surface area (Å²) in [7, 11) is 0. The van der Waals surface area contributed by atoms with Crippen molar-refractivity contribution in [3.63, 3.8) is 0 Å². The van der Waals surface area contributed by atoms with Crippen LogP contribution < -0.4 is 5.32 Å². The molecule has 0 bridgehead atoms. The van der Waals surface area contributed by atoms with Crippen molar-refractivity contribution in [2.24, 2.45) is 0 Å². The molecule has 1 aliphatic heterocycles. The normalized spacial score (nSPS) is 24.9. The monoisotopic (exact) mass is 200 g/mol. The minimum absolute atomic E-state index is 0.259. The average Bonchev–Trinajstić information content (AvgIpc) is 2.41. The van der Waals surface area contributed by atoms with Gasteiger partial charge >= 0.3 is 0 Å². The predicted molar refractivity (Wildman–Crippen MR) is 59.5 cm³/mol. The maximum atomic E-state index is 8.73. The third kappa shape index (κ3) is 4.40. The minimum atomic E-state index is 0.259. The second-order valence-electron chi connectivity index (χ2n) is 4.15. The van der Waals surface area contributed by atoms with Gasteiger partial charge in [0.25, 0.3) is 0 Å². The highest BCUT2D eigenvalue weighted by Gasteiger charge is 2.15. The topological polar surface area (TPSA) is 35.5 Å². The van der Waals surface area contributed by atoms with Gasteiger partial charge in [0.15, 0.2) is 0 Å². The Morgan fingerprint density at radius 2 is 2.21 bits per heavy atom. The summed E-state index contributed by atoms with van der Waals surface area (Å²) in [4.78, 5) is 2.56. The standard InChI is InChI=1S/C11H24N2O/c1-2-7-13-8-3-4-11(5-9-13)12-6-10-14/h11-12,14H,2-10H2,1H3. The molecular weight excluding hydrogens is 176 g/mol. The molecule has 1 atom stereocenters. The zero-order chi connectivity index (χ0) is 10.2. The Balaban J connectivity index is 2.19. The van der Waals surface area contributed by atoms with Gasteiger partial charge in [0.2, 0.25) is 0 Å². The van der Waals surface area contributed by atoms with Crippen LogP contribution in [0.2, 0.25) is 0 Å². The van der Waals surface area contributed by atoms with Crippen molar-refractivity contribution in [1.29, 1.82) is 0 Å². The summed E-state index contributed by atoms with van der Waals surface area (Å²) in [6.07, 6.45) is 5.05. The van der Waals surface area contributed by atoms with E-state index in [1.54, 1.807) is 0 Å². The molecule has 0 aromatic heterocycles. The molecule has 1 heterocycles. The zero-order valence-electron chi connectivity index (χ0n) is 9.34. The molecule has 14 heavy (non-hydrogen) atoms. The van der Waals surface area contributed by atoms with Gasteiger partial charge in [-0.15, -0.1) is 0 Å². The molecular formula is C11H24N2O. The maximum Gasteiger partial charge on any atom is 0.0556 e. The molecule has 0 aromatic rings. The van der Waals surface area contributed by atoms with Crippen LogP contribution in [0.1, 0.15) is 32.6 Å². The van der Waals surface area contributed by atoms with Crippen molar-refractivity contribution in [3.8, 4) is 0 Å². The van der Waals surface area contributed by atoms with Crippen LogP contribution in [0.3, 0.4) is 0 Å². The largest absolute Gasteiger partial charge is 0.395 e. The van der Waals surface area contributed by atoms with E-state index in [0.717, 1.165) is 6.54 Å². The van der Waals surface area contributed by atoms with E-state index in [2.05, 4.69) is 17.1 Å². The molecule has 1 rings (SSSR count). The molecule has 84 valence electrons. The van der Waals surface area contributed by atoms with Gasteiger partial charge in [0.05, 0.1) is 6.61 Å². The fourth-order valence-electron chi connectivity index (χ4n) is 2.17. The molecule has 2 N–H and O–H groups in total. The highest BCUT2D eigenvalue weighted by molar-refractivity contribution is 4.74. The van der Waals surface area contributed by atoms with Gasteiger partial charge in [-0.05, 0) is 45.3 Å². The summed E-state index contributed by atoms with van der Waals surface area (Å²) in [5, 5.41) is 12.1. The summed E-state index contributed by atoms with van der Waals surface area (Å²) in [6.45, 7) is 6.97. The number of nitrogens with zero attached hydrogens (tertiary/aromatic N) is 1. The number of hydrogen-bond acceptors (Lipinski definition) is 3. The molecule has 0 amide bonds. The molecule has 0 aromatic carbocycles. The summed E-state index contributed by atoms with van der Waals surface area (Å²) >= 11 is 0. The van der Waals surface area contributed by atoms with Crippen LogP contribution >= 0.6 is 0 Å². The Kier molecular flexibility index (Phi) is 6.15. The van der Waals surface area contributed by atoms with Crippen molar-refractivity contribution in [1.82, 2.24) is 10.2 Å². The first-order chi connectivity index (χ1) is 6.86. The lowest BCUT2D eigenvalue weighted by atomic mass is 10.1. The smallest absolute Gasteiger partial charge is 0.0556 e. The van der Waals surface area contributed by atoms with Gasteiger partial charge in [0, 0.05) is 12.6 Å². The van der Waals surface area contributed by atoms with Gasteiger partial charge in [-0.2, -0.15) is 0 Å². The first kappa shape index (κ1) is 12.0. The van der Waals surface area contributed by atoms with Crippen molar-refractivity contribution in [2.75, 3.05) is 32.8 Å². The number of nitrogens with one attached hydrogen (secondary N) is 1. The lowest BCUT2D eigenvalue weighted by Crippen LogP contribution is -2.33. The van der Waals surface area contributed by atoms with Crippen molar-refractivity contribution in [2.45, 2.75) is 38.6 Å². The lowest BCUT2D eigenvalue weighted by Gasteiger charge is -2.19. The van der Waals surface area contributed by atoms with E-state index < -0.39 is 0 Å². The Morgan fingerprint density at radius 3 is 2.93 bits per heavy atom. The number of likely N-dealkylation sites (tertiary alicyclic amines) is 1. The summed E-state index contributed by atoms with van der Waals surface area (Å²) in [5.74, 6) is 0. The quantitative estimate of drug-likeness (QED) is 0.690.